The summed E-state index contributed by atoms with van der Waals surface area (Å²) in [5.41, 5.74) is 0.217. The highest BCUT2D eigenvalue weighted by Gasteiger charge is 2.30. The van der Waals surface area contributed by atoms with Gasteiger partial charge in [0.1, 0.15) is 4.90 Å². The van der Waals surface area contributed by atoms with Crippen LogP contribution in [0.1, 0.15) is 6.92 Å². The molecule has 0 unspecified atom stereocenters. The summed E-state index contributed by atoms with van der Waals surface area (Å²) in [5, 5.41) is 2.87. The molecule has 1 aliphatic rings. The van der Waals surface area contributed by atoms with E-state index in [0.29, 0.717) is 5.02 Å². The summed E-state index contributed by atoms with van der Waals surface area (Å²) < 4.78 is 57.9. The van der Waals surface area contributed by atoms with Crippen LogP contribution in [0, 0.1) is 0 Å². The van der Waals surface area contributed by atoms with Crippen molar-refractivity contribution in [1.82, 2.24) is 0 Å². The Balaban J connectivity index is 2.15. The number of benzene rings is 2. The number of rotatable bonds is 5. The van der Waals surface area contributed by atoms with E-state index in [9.17, 15) is 21.6 Å². The normalized spacial score (nSPS) is 14.1. The Hall–Kier alpha value is -2.30. The number of nitrogens with one attached hydrogen (secondary N) is 2. The van der Waals surface area contributed by atoms with Gasteiger partial charge in [-0.1, -0.05) is 18.5 Å². The van der Waals surface area contributed by atoms with Gasteiger partial charge in [-0.15, -0.1) is 0 Å². The molecule has 11 heteroatoms. The van der Waals surface area contributed by atoms with Crippen LogP contribution >= 0.6 is 11.6 Å². The predicted octanol–water partition coefficient (Wildman–Crippen LogP) is 2.27. The van der Waals surface area contributed by atoms with E-state index in [2.05, 4.69) is 10.0 Å². The third kappa shape index (κ3) is 4.02. The van der Waals surface area contributed by atoms with Gasteiger partial charge >= 0.3 is 0 Å². The summed E-state index contributed by atoms with van der Waals surface area (Å²) in [5.74, 6) is -0.862. The number of carbonyl (C=O) groups excluding carboxylic acids is 1. The number of fused-ring (bicyclic) bond motifs is 1. The Labute approximate surface area is 161 Å². The Bertz CT molecular complexity index is 1110. The molecule has 2 N–H and O–H groups in total. The second-order valence-corrected chi connectivity index (χ2v) is 10.0. The van der Waals surface area contributed by atoms with Crippen LogP contribution in [-0.2, 0) is 24.7 Å². The van der Waals surface area contributed by atoms with Gasteiger partial charge in [0, 0.05) is 10.7 Å². The quantitative estimate of drug-likeness (QED) is 0.751. The number of hydrogen-bond donors (Lipinski definition) is 2. The molecule has 0 spiro atoms. The third-order valence-corrected chi connectivity index (χ3v) is 7.13. The molecule has 0 aromatic heterocycles. The fraction of sp³-hybridized carbons (Fsp3) is 0.188. The molecule has 2 aromatic rings. The summed E-state index contributed by atoms with van der Waals surface area (Å²) in [7, 11) is -7.94. The second kappa shape index (κ2) is 7.02. The molecule has 0 fully saturated rings. The molecule has 0 bridgehead atoms. The fourth-order valence-corrected chi connectivity index (χ4v) is 4.80. The average molecular weight is 431 g/mol. The molecule has 144 valence electrons. The molecule has 0 atom stereocenters. The maximum atomic E-state index is 12.9. The van der Waals surface area contributed by atoms with Crippen LogP contribution in [0.5, 0.6) is 5.75 Å². The molecule has 0 radical (unpaired) electrons. The lowest BCUT2D eigenvalue weighted by Gasteiger charge is -2.22. The first-order chi connectivity index (χ1) is 12.6. The van der Waals surface area contributed by atoms with Crippen LogP contribution in [0.3, 0.4) is 0 Å². The van der Waals surface area contributed by atoms with Crippen molar-refractivity contribution in [2.24, 2.45) is 0 Å². The molecule has 3 rings (SSSR count). The van der Waals surface area contributed by atoms with E-state index in [1.165, 1.54) is 37.3 Å². The largest absolute Gasteiger partial charge is 0.480 e. The summed E-state index contributed by atoms with van der Waals surface area (Å²) in [6, 6.07) is 8.14. The van der Waals surface area contributed by atoms with Crippen LogP contribution in [0.4, 0.5) is 11.4 Å². The van der Waals surface area contributed by atoms with Crippen LogP contribution in [0.25, 0.3) is 0 Å². The number of halogens is 1. The average Bonchev–Trinajstić information content (AvgIpc) is 2.62. The molecular formula is C16H15ClN2O6S2. The summed E-state index contributed by atoms with van der Waals surface area (Å²) in [6.45, 7) is 1.06. The van der Waals surface area contributed by atoms with Gasteiger partial charge in [0.05, 0.1) is 16.3 Å². The van der Waals surface area contributed by atoms with Gasteiger partial charge in [0.25, 0.3) is 15.9 Å². The highest BCUT2D eigenvalue weighted by atomic mass is 35.5. The Morgan fingerprint density at radius 1 is 1.15 bits per heavy atom. The minimum absolute atomic E-state index is 0.0164. The van der Waals surface area contributed by atoms with Gasteiger partial charge in [-0.3, -0.25) is 9.52 Å². The van der Waals surface area contributed by atoms with E-state index in [-0.39, 0.29) is 39.3 Å². The van der Waals surface area contributed by atoms with Crippen molar-refractivity contribution in [2.75, 3.05) is 22.4 Å². The predicted molar refractivity (Wildman–Crippen MR) is 101 cm³/mol. The number of carbonyl (C=O) groups is 1. The monoisotopic (exact) mass is 430 g/mol. The van der Waals surface area contributed by atoms with E-state index in [1.54, 1.807) is 0 Å². The Morgan fingerprint density at radius 3 is 2.44 bits per heavy atom. The molecule has 27 heavy (non-hydrogen) atoms. The summed E-state index contributed by atoms with van der Waals surface area (Å²) in [6.07, 6.45) is 0. The lowest BCUT2D eigenvalue weighted by Crippen LogP contribution is -2.27. The molecule has 1 amide bonds. The Kier molecular flexibility index (Phi) is 5.06. The van der Waals surface area contributed by atoms with Crippen molar-refractivity contribution in [3.63, 3.8) is 0 Å². The van der Waals surface area contributed by atoms with Crippen molar-refractivity contribution in [1.29, 1.82) is 0 Å². The summed E-state index contributed by atoms with van der Waals surface area (Å²) in [4.78, 5) is 11.0. The van der Waals surface area contributed by atoms with Crippen molar-refractivity contribution < 1.29 is 26.4 Å². The van der Waals surface area contributed by atoms with Crippen LogP contribution in [0.15, 0.2) is 46.2 Å². The molecule has 0 aliphatic carbocycles. The van der Waals surface area contributed by atoms with Gasteiger partial charge in [0.2, 0.25) is 0 Å². The van der Waals surface area contributed by atoms with Crippen molar-refractivity contribution in [2.45, 2.75) is 16.7 Å². The molecular weight excluding hydrogens is 416 g/mol. The number of amides is 1. The van der Waals surface area contributed by atoms with E-state index in [4.69, 9.17) is 16.3 Å². The molecule has 8 nitrogen and oxygen atoms in total. The Morgan fingerprint density at radius 2 is 1.81 bits per heavy atom. The zero-order valence-corrected chi connectivity index (χ0v) is 16.4. The van der Waals surface area contributed by atoms with Gasteiger partial charge < -0.3 is 10.1 Å². The third-order valence-electron chi connectivity index (χ3n) is 3.78. The lowest BCUT2D eigenvalue weighted by atomic mass is 10.2. The van der Waals surface area contributed by atoms with E-state index < -0.39 is 25.8 Å². The van der Waals surface area contributed by atoms with Gasteiger partial charge in [0.15, 0.2) is 22.2 Å². The molecule has 2 aromatic carbocycles. The minimum Gasteiger partial charge on any atom is -0.480 e. The van der Waals surface area contributed by atoms with E-state index in [0.717, 1.165) is 6.07 Å². The number of hydrogen-bond acceptors (Lipinski definition) is 6. The van der Waals surface area contributed by atoms with Crippen LogP contribution < -0.4 is 14.8 Å². The zero-order chi connectivity index (χ0) is 19.8. The first-order valence-electron chi connectivity index (χ1n) is 7.74. The molecule has 1 heterocycles. The lowest BCUT2D eigenvalue weighted by molar-refractivity contribution is -0.118. The maximum Gasteiger partial charge on any atom is 0.265 e. The summed E-state index contributed by atoms with van der Waals surface area (Å²) >= 11 is 5.79. The molecule has 0 saturated heterocycles. The second-order valence-electron chi connectivity index (χ2n) is 5.65. The van der Waals surface area contributed by atoms with E-state index in [1.807, 2.05) is 0 Å². The SMILES string of the molecule is CCS(=O)(=O)c1cc2c(c(S(=O)(=O)Nc3ccc(Cl)cc3)c1)OCC(=O)N2. The van der Waals surface area contributed by atoms with E-state index >= 15 is 0 Å². The van der Waals surface area contributed by atoms with Gasteiger partial charge in [-0.05, 0) is 36.4 Å². The van der Waals surface area contributed by atoms with Gasteiger partial charge in [-0.25, -0.2) is 16.8 Å². The maximum absolute atomic E-state index is 12.9. The number of sulfonamides is 1. The first-order valence-corrected chi connectivity index (χ1v) is 11.3. The minimum atomic E-state index is -4.21. The van der Waals surface area contributed by atoms with Crippen LogP contribution in [0.2, 0.25) is 5.02 Å². The number of ether oxygens (including phenoxy) is 1. The van der Waals surface area contributed by atoms with Crippen molar-refractivity contribution in [3.8, 4) is 5.75 Å². The van der Waals surface area contributed by atoms with Crippen molar-refractivity contribution in [3.05, 3.63) is 41.4 Å². The standard InChI is InChI=1S/C16H15ClN2O6S2/c1-2-26(21,22)12-7-13-16(25-9-15(20)18-13)14(8-12)27(23,24)19-11-5-3-10(17)4-6-11/h3-8,19H,2,9H2,1H3,(H,18,20). The number of anilines is 2. The fourth-order valence-electron chi connectivity index (χ4n) is 2.42. The first kappa shape index (κ1) is 19.5. The van der Waals surface area contributed by atoms with Crippen LogP contribution in [-0.4, -0.2) is 35.1 Å². The van der Waals surface area contributed by atoms with Gasteiger partial charge in [-0.2, -0.15) is 0 Å². The topological polar surface area (TPSA) is 119 Å². The van der Waals surface area contributed by atoms with Crippen molar-refractivity contribution >= 4 is 48.7 Å². The molecule has 0 saturated carbocycles. The highest BCUT2D eigenvalue weighted by molar-refractivity contribution is 7.93. The molecule has 1 aliphatic heterocycles. The zero-order valence-electron chi connectivity index (χ0n) is 14.0. The number of sulfone groups is 1. The smallest absolute Gasteiger partial charge is 0.265 e. The highest BCUT2D eigenvalue weighted by Crippen LogP contribution is 2.38.